The Kier molecular flexibility index (Phi) is 4.84. The zero-order valence-electron chi connectivity index (χ0n) is 9.21. The molecule has 0 spiro atoms. The lowest BCUT2D eigenvalue weighted by molar-refractivity contribution is -0.138. The van der Waals surface area contributed by atoms with Crippen molar-refractivity contribution in [1.29, 1.82) is 0 Å². The number of nitrogens with one attached hydrogen (secondary N) is 1. The molecule has 5 nitrogen and oxygen atoms in total. The molecular formula is C11H13NO4S. The molecule has 0 aliphatic rings. The van der Waals surface area contributed by atoms with Gasteiger partial charge in [-0.1, -0.05) is 6.07 Å². The van der Waals surface area contributed by atoms with Crippen LogP contribution in [0.1, 0.15) is 10.4 Å². The van der Waals surface area contributed by atoms with E-state index in [1.54, 1.807) is 18.2 Å². The Morgan fingerprint density at radius 2 is 2.24 bits per heavy atom. The maximum absolute atomic E-state index is 11.7. The van der Waals surface area contributed by atoms with E-state index < -0.39 is 17.9 Å². The van der Waals surface area contributed by atoms with E-state index >= 15 is 0 Å². The fourth-order valence-corrected chi connectivity index (χ4v) is 1.44. The Bertz CT molecular complexity index is 422. The van der Waals surface area contributed by atoms with Crippen molar-refractivity contribution in [3.05, 3.63) is 29.8 Å². The summed E-state index contributed by atoms with van der Waals surface area (Å²) in [5, 5.41) is 11.1. The van der Waals surface area contributed by atoms with Crippen LogP contribution in [0.2, 0.25) is 0 Å². The monoisotopic (exact) mass is 255 g/mol. The van der Waals surface area contributed by atoms with Crippen molar-refractivity contribution in [3.8, 4) is 5.75 Å². The van der Waals surface area contributed by atoms with Crippen molar-refractivity contribution in [3.63, 3.8) is 0 Å². The highest BCUT2D eigenvalue weighted by atomic mass is 32.1. The first kappa shape index (κ1) is 13.4. The lowest BCUT2D eigenvalue weighted by Crippen LogP contribution is -2.42. The molecule has 1 aromatic rings. The Labute approximate surface area is 104 Å². The molecule has 0 saturated heterocycles. The van der Waals surface area contributed by atoms with E-state index in [1.807, 2.05) is 0 Å². The molecule has 92 valence electrons. The molecule has 0 saturated carbocycles. The number of methoxy groups -OCH3 is 1. The van der Waals surface area contributed by atoms with Crippen molar-refractivity contribution in [1.82, 2.24) is 5.32 Å². The lowest BCUT2D eigenvalue weighted by Gasteiger charge is -2.12. The van der Waals surface area contributed by atoms with Crippen LogP contribution in [0.15, 0.2) is 24.3 Å². The van der Waals surface area contributed by atoms with Crippen LogP contribution in [-0.2, 0) is 4.79 Å². The number of carbonyl (C=O) groups excluding carboxylic acids is 1. The van der Waals surface area contributed by atoms with Gasteiger partial charge in [0.05, 0.1) is 7.11 Å². The van der Waals surface area contributed by atoms with Crippen LogP contribution >= 0.6 is 12.6 Å². The summed E-state index contributed by atoms with van der Waals surface area (Å²) in [4.78, 5) is 22.5. The van der Waals surface area contributed by atoms with Gasteiger partial charge in [0.1, 0.15) is 11.8 Å². The van der Waals surface area contributed by atoms with Crippen molar-refractivity contribution < 1.29 is 19.4 Å². The predicted octanol–water partition coefficient (Wildman–Crippen LogP) is 0.808. The third-order valence-corrected chi connectivity index (χ3v) is 2.48. The molecule has 0 heterocycles. The number of carboxylic acids is 1. The molecule has 2 N–H and O–H groups in total. The summed E-state index contributed by atoms with van der Waals surface area (Å²) >= 11 is 3.86. The minimum atomic E-state index is -1.11. The largest absolute Gasteiger partial charge is 0.497 e. The highest BCUT2D eigenvalue weighted by Crippen LogP contribution is 2.12. The Balaban J connectivity index is 2.78. The van der Waals surface area contributed by atoms with Crippen molar-refractivity contribution in [2.24, 2.45) is 0 Å². The molecule has 0 bridgehead atoms. The van der Waals surface area contributed by atoms with Gasteiger partial charge >= 0.3 is 5.97 Å². The van der Waals surface area contributed by atoms with Gasteiger partial charge in [0, 0.05) is 11.3 Å². The summed E-state index contributed by atoms with van der Waals surface area (Å²) in [6, 6.07) is 5.47. The number of rotatable bonds is 5. The topological polar surface area (TPSA) is 75.6 Å². The maximum Gasteiger partial charge on any atom is 0.327 e. The van der Waals surface area contributed by atoms with Gasteiger partial charge in [-0.15, -0.1) is 0 Å². The minimum absolute atomic E-state index is 0.0328. The average Bonchev–Trinajstić information content (AvgIpc) is 2.35. The van der Waals surface area contributed by atoms with Crippen LogP contribution in [0.4, 0.5) is 0 Å². The van der Waals surface area contributed by atoms with Crippen molar-refractivity contribution >= 4 is 24.5 Å². The van der Waals surface area contributed by atoms with E-state index in [9.17, 15) is 9.59 Å². The molecule has 0 unspecified atom stereocenters. The normalized spacial score (nSPS) is 11.6. The number of hydrogen-bond donors (Lipinski definition) is 3. The molecule has 0 fully saturated rings. The van der Waals surface area contributed by atoms with Crippen LogP contribution in [-0.4, -0.2) is 35.9 Å². The van der Waals surface area contributed by atoms with Crippen LogP contribution in [0, 0.1) is 0 Å². The van der Waals surface area contributed by atoms with Crippen molar-refractivity contribution in [2.45, 2.75) is 6.04 Å². The Hall–Kier alpha value is -1.69. The maximum atomic E-state index is 11.7. The van der Waals surface area contributed by atoms with Gasteiger partial charge < -0.3 is 15.2 Å². The zero-order valence-corrected chi connectivity index (χ0v) is 10.1. The first-order valence-electron chi connectivity index (χ1n) is 4.87. The summed E-state index contributed by atoms with van der Waals surface area (Å²) in [6.45, 7) is 0. The first-order chi connectivity index (χ1) is 8.08. The van der Waals surface area contributed by atoms with Crippen LogP contribution in [0.3, 0.4) is 0 Å². The molecule has 1 atom stereocenters. The number of benzene rings is 1. The second-order valence-corrected chi connectivity index (χ2v) is 3.64. The lowest BCUT2D eigenvalue weighted by atomic mass is 10.2. The van der Waals surface area contributed by atoms with Gasteiger partial charge in [-0.3, -0.25) is 4.79 Å². The van der Waals surface area contributed by atoms with Crippen LogP contribution in [0.5, 0.6) is 5.75 Å². The zero-order chi connectivity index (χ0) is 12.8. The second-order valence-electron chi connectivity index (χ2n) is 3.28. The molecule has 1 amide bonds. The molecule has 6 heteroatoms. The minimum Gasteiger partial charge on any atom is -0.497 e. The molecule has 0 aliphatic heterocycles. The number of carbonyl (C=O) groups is 2. The summed E-state index contributed by atoms with van der Waals surface area (Å²) in [7, 11) is 1.49. The van der Waals surface area contributed by atoms with E-state index in [0.29, 0.717) is 11.3 Å². The van der Waals surface area contributed by atoms with Gasteiger partial charge in [-0.25, -0.2) is 4.79 Å². The van der Waals surface area contributed by atoms with Crippen molar-refractivity contribution in [2.75, 3.05) is 12.9 Å². The number of carboxylic acid groups (broad SMARTS) is 1. The van der Waals surface area contributed by atoms with Gasteiger partial charge in [-0.2, -0.15) is 12.6 Å². The van der Waals surface area contributed by atoms with Gasteiger partial charge in [-0.05, 0) is 18.2 Å². The number of amides is 1. The van der Waals surface area contributed by atoms with Gasteiger partial charge in [0.15, 0.2) is 0 Å². The fourth-order valence-electron chi connectivity index (χ4n) is 1.19. The number of ether oxygens (including phenoxy) is 1. The van der Waals surface area contributed by atoms with E-state index in [4.69, 9.17) is 9.84 Å². The van der Waals surface area contributed by atoms with Gasteiger partial charge in [0.2, 0.25) is 0 Å². The summed E-state index contributed by atoms with van der Waals surface area (Å²) in [6.07, 6.45) is 0. The summed E-state index contributed by atoms with van der Waals surface area (Å²) in [5.41, 5.74) is 0.345. The van der Waals surface area contributed by atoms with E-state index in [1.165, 1.54) is 13.2 Å². The first-order valence-corrected chi connectivity index (χ1v) is 5.50. The number of hydrogen-bond acceptors (Lipinski definition) is 4. The number of aliphatic carboxylic acids is 1. The Morgan fingerprint density at radius 3 is 2.76 bits per heavy atom. The summed E-state index contributed by atoms with van der Waals surface area (Å²) in [5.74, 6) is -1.01. The van der Waals surface area contributed by atoms with E-state index in [-0.39, 0.29) is 5.75 Å². The standard InChI is InChI=1S/C11H13NO4S/c1-16-8-4-2-3-7(5-8)10(13)12-9(6-17)11(14)15/h2-5,9,17H,6H2,1H3,(H,12,13)(H,14,15)/t9-/m0/s1. The predicted molar refractivity (Wildman–Crippen MR) is 65.7 cm³/mol. The quantitative estimate of drug-likeness (QED) is 0.680. The second kappa shape index (κ2) is 6.15. The average molecular weight is 255 g/mol. The molecule has 17 heavy (non-hydrogen) atoms. The highest BCUT2D eigenvalue weighted by molar-refractivity contribution is 7.80. The Morgan fingerprint density at radius 1 is 1.53 bits per heavy atom. The molecule has 0 aliphatic carbocycles. The third kappa shape index (κ3) is 3.67. The van der Waals surface area contributed by atoms with E-state index in [0.717, 1.165) is 0 Å². The molecule has 0 radical (unpaired) electrons. The van der Waals surface area contributed by atoms with Crippen LogP contribution < -0.4 is 10.1 Å². The summed E-state index contributed by atoms with van der Waals surface area (Å²) < 4.78 is 4.97. The molecular weight excluding hydrogens is 242 g/mol. The van der Waals surface area contributed by atoms with Gasteiger partial charge in [0.25, 0.3) is 5.91 Å². The molecule has 0 aromatic heterocycles. The smallest absolute Gasteiger partial charge is 0.327 e. The number of thiol groups is 1. The SMILES string of the molecule is COc1cccc(C(=O)N[C@@H](CS)C(=O)O)c1. The third-order valence-electron chi connectivity index (χ3n) is 2.12. The molecule has 1 rings (SSSR count). The fraction of sp³-hybridized carbons (Fsp3) is 0.273. The molecule has 1 aromatic carbocycles. The van der Waals surface area contributed by atoms with Crippen LogP contribution in [0.25, 0.3) is 0 Å². The highest BCUT2D eigenvalue weighted by Gasteiger charge is 2.18. The van der Waals surface area contributed by atoms with E-state index in [2.05, 4.69) is 17.9 Å².